The Morgan fingerprint density at radius 1 is 1.10 bits per heavy atom. The highest BCUT2D eigenvalue weighted by atomic mass is 79.9. The molecule has 0 N–H and O–H groups in total. The first-order valence-electron chi connectivity index (χ1n) is 9.01. The summed E-state index contributed by atoms with van der Waals surface area (Å²) in [5.74, 6) is 0.871. The van der Waals surface area contributed by atoms with Crippen LogP contribution in [0.1, 0.15) is 25.0 Å². The summed E-state index contributed by atoms with van der Waals surface area (Å²) in [6.07, 6.45) is 1.69. The summed E-state index contributed by atoms with van der Waals surface area (Å²) in [6.45, 7) is 4.97. The number of halogens is 2. The smallest absolute Gasteiger partial charge is 0.293 e. The fourth-order valence-corrected chi connectivity index (χ4v) is 4.32. The number of hydrogen-bond acceptors (Lipinski definition) is 5. The number of carbonyl (C=O) groups is 2. The zero-order valence-corrected chi connectivity index (χ0v) is 19.1. The monoisotopic (exact) mass is 495 g/mol. The van der Waals surface area contributed by atoms with E-state index in [0.29, 0.717) is 34.6 Å². The highest BCUT2D eigenvalue weighted by Gasteiger charge is 2.35. The zero-order chi connectivity index (χ0) is 21.0. The van der Waals surface area contributed by atoms with Crippen LogP contribution >= 0.6 is 39.3 Å². The molecule has 8 heteroatoms. The Balaban J connectivity index is 1.86. The first-order valence-corrected chi connectivity index (χ1v) is 11.0. The lowest BCUT2D eigenvalue weighted by Crippen LogP contribution is -2.27. The van der Waals surface area contributed by atoms with Crippen molar-refractivity contribution in [2.24, 2.45) is 0 Å². The van der Waals surface area contributed by atoms with E-state index in [1.54, 1.807) is 36.4 Å². The Kier molecular flexibility index (Phi) is 7.27. The van der Waals surface area contributed by atoms with E-state index >= 15 is 0 Å². The molecule has 0 bridgehead atoms. The molecule has 5 nitrogen and oxygen atoms in total. The van der Waals surface area contributed by atoms with Gasteiger partial charge in [-0.05, 0) is 83.0 Å². The van der Waals surface area contributed by atoms with E-state index < -0.39 is 0 Å². The molecule has 2 amide bonds. The third-order valence-electron chi connectivity index (χ3n) is 4.05. The van der Waals surface area contributed by atoms with Gasteiger partial charge in [-0.25, -0.2) is 0 Å². The van der Waals surface area contributed by atoms with Gasteiger partial charge >= 0.3 is 0 Å². The van der Waals surface area contributed by atoms with Crippen LogP contribution in [0.15, 0.2) is 45.8 Å². The lowest BCUT2D eigenvalue weighted by atomic mass is 10.1. The predicted molar refractivity (Wildman–Crippen MR) is 119 cm³/mol. The summed E-state index contributed by atoms with van der Waals surface area (Å²) in [5, 5.41) is 0.306. The highest BCUT2D eigenvalue weighted by molar-refractivity contribution is 9.10. The van der Waals surface area contributed by atoms with E-state index in [-0.39, 0.29) is 17.7 Å². The fraction of sp³-hybridized carbons (Fsp3) is 0.238. The van der Waals surface area contributed by atoms with Crippen LogP contribution in [0.4, 0.5) is 4.79 Å². The van der Waals surface area contributed by atoms with Gasteiger partial charge < -0.3 is 9.47 Å². The molecule has 0 spiro atoms. The zero-order valence-electron chi connectivity index (χ0n) is 15.9. The van der Waals surface area contributed by atoms with Gasteiger partial charge in [-0.2, -0.15) is 0 Å². The minimum Gasteiger partial charge on any atom is -0.490 e. The second-order valence-corrected chi connectivity index (χ2v) is 8.37. The number of hydrogen-bond donors (Lipinski definition) is 0. The molecule has 29 heavy (non-hydrogen) atoms. The van der Waals surface area contributed by atoms with Crippen LogP contribution < -0.4 is 9.47 Å². The first-order chi connectivity index (χ1) is 13.9. The van der Waals surface area contributed by atoms with Gasteiger partial charge in [-0.3, -0.25) is 14.5 Å². The molecule has 0 unspecified atom stereocenters. The van der Waals surface area contributed by atoms with Crippen LogP contribution in [0.5, 0.6) is 11.5 Å². The Labute approximate surface area is 187 Å². The molecule has 1 saturated heterocycles. The minimum atomic E-state index is -0.321. The largest absolute Gasteiger partial charge is 0.490 e. The van der Waals surface area contributed by atoms with Crippen LogP contribution in [0.3, 0.4) is 0 Å². The minimum absolute atomic E-state index is 0.205. The molecular formula is C21H19BrClNO4S. The highest BCUT2D eigenvalue weighted by Crippen LogP contribution is 2.39. The van der Waals surface area contributed by atoms with Crippen molar-refractivity contribution in [1.82, 2.24) is 4.90 Å². The standard InChI is InChI=1S/C21H19BrClNO4S/c1-3-27-17-10-14(9-16(22)19(17)28-4-2)11-18-20(25)24(21(26)29-18)12-13-5-7-15(23)8-6-13/h5-11H,3-4,12H2,1-2H3. The normalized spacial score (nSPS) is 15.3. The van der Waals surface area contributed by atoms with Gasteiger partial charge in [-0.15, -0.1) is 0 Å². The third kappa shape index (κ3) is 5.15. The summed E-state index contributed by atoms with van der Waals surface area (Å²) in [4.78, 5) is 26.8. The number of thioether (sulfide) groups is 1. The first kappa shape index (κ1) is 21.7. The second-order valence-electron chi connectivity index (χ2n) is 6.09. The van der Waals surface area contributed by atoms with E-state index in [1.807, 2.05) is 19.9 Å². The average Bonchev–Trinajstić information content (AvgIpc) is 2.94. The van der Waals surface area contributed by atoms with Gasteiger partial charge in [0.2, 0.25) is 0 Å². The number of rotatable bonds is 7. The van der Waals surface area contributed by atoms with Crippen molar-refractivity contribution < 1.29 is 19.1 Å². The second kappa shape index (κ2) is 9.69. The molecule has 1 aliphatic heterocycles. The summed E-state index contributed by atoms with van der Waals surface area (Å²) < 4.78 is 12.0. The lowest BCUT2D eigenvalue weighted by molar-refractivity contribution is -0.123. The Morgan fingerprint density at radius 2 is 1.79 bits per heavy atom. The molecule has 0 aromatic heterocycles. The molecule has 2 aromatic carbocycles. The quantitative estimate of drug-likeness (QED) is 0.431. The van der Waals surface area contributed by atoms with E-state index in [2.05, 4.69) is 15.9 Å². The summed E-state index contributed by atoms with van der Waals surface area (Å²) >= 11 is 10.3. The van der Waals surface area contributed by atoms with Crippen molar-refractivity contribution in [3.8, 4) is 11.5 Å². The van der Waals surface area contributed by atoms with E-state index in [1.165, 1.54) is 4.90 Å². The van der Waals surface area contributed by atoms with Gasteiger partial charge in [0.25, 0.3) is 11.1 Å². The number of benzene rings is 2. The Morgan fingerprint density at radius 3 is 2.45 bits per heavy atom. The molecule has 2 aromatic rings. The van der Waals surface area contributed by atoms with E-state index in [9.17, 15) is 9.59 Å². The van der Waals surface area contributed by atoms with Crippen molar-refractivity contribution >= 4 is 56.5 Å². The van der Waals surface area contributed by atoms with Crippen molar-refractivity contribution in [1.29, 1.82) is 0 Å². The molecule has 1 fully saturated rings. The fourth-order valence-electron chi connectivity index (χ4n) is 2.78. The molecule has 152 valence electrons. The molecule has 1 aliphatic rings. The van der Waals surface area contributed by atoms with Gasteiger partial charge in [0, 0.05) is 5.02 Å². The molecular weight excluding hydrogens is 478 g/mol. The van der Waals surface area contributed by atoms with Crippen LogP contribution in [0.2, 0.25) is 5.02 Å². The number of ether oxygens (including phenoxy) is 2. The maximum atomic E-state index is 12.8. The Bertz CT molecular complexity index is 962. The van der Waals surface area contributed by atoms with Crippen molar-refractivity contribution in [3.63, 3.8) is 0 Å². The maximum Gasteiger partial charge on any atom is 0.293 e. The van der Waals surface area contributed by atoms with Crippen LogP contribution in [-0.4, -0.2) is 29.3 Å². The van der Waals surface area contributed by atoms with Crippen molar-refractivity contribution in [3.05, 3.63) is 61.9 Å². The molecule has 0 saturated carbocycles. The van der Waals surface area contributed by atoms with Gasteiger partial charge in [-0.1, -0.05) is 23.7 Å². The van der Waals surface area contributed by atoms with E-state index in [0.717, 1.165) is 27.4 Å². The SMILES string of the molecule is CCOc1cc(C=C2SC(=O)N(Cc3ccc(Cl)cc3)C2=O)cc(Br)c1OCC. The predicted octanol–water partition coefficient (Wildman–Crippen LogP) is 6.14. The van der Waals surface area contributed by atoms with Crippen LogP contribution in [0, 0.1) is 0 Å². The van der Waals surface area contributed by atoms with E-state index in [4.69, 9.17) is 21.1 Å². The van der Waals surface area contributed by atoms with Crippen molar-refractivity contribution in [2.75, 3.05) is 13.2 Å². The molecule has 0 aliphatic carbocycles. The molecule has 0 atom stereocenters. The molecule has 3 rings (SSSR count). The third-order valence-corrected chi connectivity index (χ3v) is 5.79. The lowest BCUT2D eigenvalue weighted by Gasteiger charge is -2.14. The van der Waals surface area contributed by atoms with Crippen LogP contribution in [-0.2, 0) is 11.3 Å². The van der Waals surface area contributed by atoms with Crippen molar-refractivity contribution in [2.45, 2.75) is 20.4 Å². The van der Waals surface area contributed by atoms with Gasteiger partial charge in [0.15, 0.2) is 11.5 Å². The Hall–Kier alpha value is -1.96. The number of imide groups is 1. The summed E-state index contributed by atoms with van der Waals surface area (Å²) in [5.41, 5.74) is 1.57. The number of carbonyl (C=O) groups excluding carboxylic acids is 2. The maximum absolute atomic E-state index is 12.8. The summed E-state index contributed by atoms with van der Waals surface area (Å²) in [7, 11) is 0. The average molecular weight is 497 g/mol. The van der Waals surface area contributed by atoms with Gasteiger partial charge in [0.1, 0.15) is 0 Å². The van der Waals surface area contributed by atoms with Gasteiger partial charge in [0.05, 0.1) is 29.1 Å². The topological polar surface area (TPSA) is 55.8 Å². The van der Waals surface area contributed by atoms with Crippen LogP contribution in [0.25, 0.3) is 6.08 Å². The molecule has 1 heterocycles. The summed E-state index contributed by atoms with van der Waals surface area (Å²) in [6, 6.07) is 10.7. The number of nitrogens with zero attached hydrogens (tertiary/aromatic N) is 1. The molecule has 0 radical (unpaired) electrons. The number of amides is 2.